The minimum Gasteiger partial charge on any atom is -0.292 e. The maximum Gasteiger partial charge on any atom is 0.262 e. The van der Waals surface area contributed by atoms with Crippen LogP contribution in [0.4, 0.5) is 0 Å². The van der Waals surface area contributed by atoms with Gasteiger partial charge in [-0.2, -0.15) is 5.21 Å². The summed E-state index contributed by atoms with van der Waals surface area (Å²) >= 11 is 1.52. The van der Waals surface area contributed by atoms with Gasteiger partial charge in [-0.15, -0.1) is 21.5 Å². The SMILES string of the molecule is CCCc1nc2cscc2c(=O)n1Cc1ccc(-c2ccccc2-c2nn[nH]n2)cc1. The van der Waals surface area contributed by atoms with Crippen LogP contribution in [0.1, 0.15) is 24.7 Å². The number of hydrogen-bond donors (Lipinski definition) is 1. The molecule has 0 spiro atoms. The third-order valence-electron chi connectivity index (χ3n) is 5.27. The van der Waals surface area contributed by atoms with Crippen LogP contribution in [0.3, 0.4) is 0 Å². The molecule has 8 heteroatoms. The van der Waals surface area contributed by atoms with Crippen molar-refractivity contribution in [1.82, 2.24) is 30.2 Å². The average Bonchev–Trinajstić information content (AvgIpc) is 3.49. The highest BCUT2D eigenvalue weighted by Crippen LogP contribution is 2.29. The lowest BCUT2D eigenvalue weighted by Crippen LogP contribution is -2.25. The van der Waals surface area contributed by atoms with Crippen molar-refractivity contribution in [1.29, 1.82) is 0 Å². The number of thiophene rings is 1. The number of hydrogen-bond acceptors (Lipinski definition) is 6. The summed E-state index contributed by atoms with van der Waals surface area (Å²) < 4.78 is 1.81. The minimum absolute atomic E-state index is 0.0289. The van der Waals surface area contributed by atoms with E-state index in [1.807, 2.05) is 35.0 Å². The van der Waals surface area contributed by atoms with Gasteiger partial charge in [0.2, 0.25) is 5.82 Å². The zero-order chi connectivity index (χ0) is 21.2. The number of nitrogens with zero attached hydrogens (tertiary/aromatic N) is 5. The molecule has 0 radical (unpaired) electrons. The Hall–Kier alpha value is -3.65. The van der Waals surface area contributed by atoms with Crippen LogP contribution in [0.2, 0.25) is 0 Å². The maximum atomic E-state index is 13.1. The Kier molecular flexibility index (Phi) is 5.13. The van der Waals surface area contributed by atoms with E-state index in [1.165, 1.54) is 11.3 Å². The van der Waals surface area contributed by atoms with E-state index in [9.17, 15) is 4.79 Å². The average molecular weight is 429 g/mol. The summed E-state index contributed by atoms with van der Waals surface area (Å²) in [5, 5.41) is 18.9. The zero-order valence-corrected chi connectivity index (χ0v) is 17.8. The molecule has 0 fully saturated rings. The first-order chi connectivity index (χ1) is 15.2. The van der Waals surface area contributed by atoms with Gasteiger partial charge in [-0.3, -0.25) is 9.36 Å². The van der Waals surface area contributed by atoms with Crippen LogP contribution < -0.4 is 5.56 Å². The Morgan fingerprint density at radius 3 is 2.58 bits per heavy atom. The number of fused-ring (bicyclic) bond motifs is 1. The quantitative estimate of drug-likeness (QED) is 0.435. The van der Waals surface area contributed by atoms with Crippen molar-refractivity contribution in [3.05, 3.63) is 81.0 Å². The molecule has 2 aromatic carbocycles. The molecule has 0 aliphatic heterocycles. The largest absolute Gasteiger partial charge is 0.292 e. The molecular formula is C23H20N6OS. The van der Waals surface area contributed by atoms with E-state index in [-0.39, 0.29) is 5.56 Å². The van der Waals surface area contributed by atoms with Gasteiger partial charge in [-0.1, -0.05) is 55.5 Å². The first-order valence-corrected chi connectivity index (χ1v) is 11.1. The van der Waals surface area contributed by atoms with E-state index in [1.54, 1.807) is 4.57 Å². The summed E-state index contributed by atoms with van der Waals surface area (Å²) in [6.45, 7) is 2.60. The third-order valence-corrected chi connectivity index (χ3v) is 6.00. The monoisotopic (exact) mass is 428 g/mol. The Morgan fingerprint density at radius 2 is 1.84 bits per heavy atom. The molecule has 0 aliphatic rings. The number of tetrazole rings is 1. The van der Waals surface area contributed by atoms with Crippen molar-refractivity contribution >= 4 is 22.2 Å². The highest BCUT2D eigenvalue weighted by Gasteiger charge is 2.13. The fourth-order valence-corrected chi connectivity index (χ4v) is 4.49. The second-order valence-corrected chi connectivity index (χ2v) is 8.06. The lowest BCUT2D eigenvalue weighted by molar-refractivity contribution is 0.665. The van der Waals surface area contributed by atoms with Gasteiger partial charge in [0, 0.05) is 22.7 Å². The predicted octanol–water partition coefficient (Wildman–Crippen LogP) is 4.31. The highest BCUT2D eigenvalue weighted by atomic mass is 32.1. The molecule has 5 aromatic rings. The van der Waals surface area contributed by atoms with Crippen LogP contribution in [0.15, 0.2) is 64.1 Å². The van der Waals surface area contributed by atoms with Crippen molar-refractivity contribution < 1.29 is 0 Å². The summed E-state index contributed by atoms with van der Waals surface area (Å²) in [5.41, 5.74) is 4.87. The molecule has 1 N–H and O–H groups in total. The Balaban J connectivity index is 1.50. The van der Waals surface area contributed by atoms with Crippen LogP contribution >= 0.6 is 11.3 Å². The van der Waals surface area contributed by atoms with Crippen molar-refractivity contribution in [2.75, 3.05) is 0 Å². The van der Waals surface area contributed by atoms with Crippen LogP contribution in [0, 0.1) is 0 Å². The summed E-state index contributed by atoms with van der Waals surface area (Å²) in [6.07, 6.45) is 1.71. The van der Waals surface area contributed by atoms with E-state index >= 15 is 0 Å². The summed E-state index contributed by atoms with van der Waals surface area (Å²) in [5.74, 6) is 1.40. The van der Waals surface area contributed by atoms with Gasteiger partial charge in [0.1, 0.15) is 5.82 Å². The zero-order valence-electron chi connectivity index (χ0n) is 16.9. The summed E-state index contributed by atoms with van der Waals surface area (Å²) in [7, 11) is 0. The fraction of sp³-hybridized carbons (Fsp3) is 0.174. The molecule has 7 nitrogen and oxygen atoms in total. The molecule has 31 heavy (non-hydrogen) atoms. The molecule has 0 saturated carbocycles. The second-order valence-electron chi connectivity index (χ2n) is 7.32. The van der Waals surface area contributed by atoms with E-state index < -0.39 is 0 Å². The maximum absolute atomic E-state index is 13.1. The van der Waals surface area contributed by atoms with Crippen molar-refractivity contribution in [3.63, 3.8) is 0 Å². The molecule has 0 bridgehead atoms. The predicted molar refractivity (Wildman–Crippen MR) is 122 cm³/mol. The molecule has 0 saturated heterocycles. The van der Waals surface area contributed by atoms with Gasteiger partial charge in [-0.25, -0.2) is 4.98 Å². The molecule has 3 aromatic heterocycles. The molecule has 0 aliphatic carbocycles. The molecule has 3 heterocycles. The van der Waals surface area contributed by atoms with Crippen LogP contribution in [-0.2, 0) is 13.0 Å². The Labute approximate surface area is 182 Å². The first kappa shape index (κ1) is 19.3. The Bertz CT molecular complexity index is 1390. The normalized spacial score (nSPS) is 11.3. The number of nitrogens with one attached hydrogen (secondary N) is 1. The number of H-pyrrole nitrogens is 1. The Morgan fingerprint density at radius 1 is 1.03 bits per heavy atom. The van der Waals surface area contributed by atoms with Gasteiger partial charge in [0.25, 0.3) is 5.56 Å². The van der Waals surface area contributed by atoms with E-state index in [0.717, 1.165) is 46.4 Å². The number of rotatable bonds is 6. The van der Waals surface area contributed by atoms with E-state index in [0.29, 0.717) is 17.8 Å². The molecule has 0 unspecified atom stereocenters. The van der Waals surface area contributed by atoms with Gasteiger partial charge in [-0.05, 0) is 28.3 Å². The number of aryl methyl sites for hydroxylation is 1. The van der Waals surface area contributed by atoms with E-state index in [2.05, 4.69) is 51.8 Å². The van der Waals surface area contributed by atoms with Crippen LogP contribution in [-0.4, -0.2) is 30.2 Å². The smallest absolute Gasteiger partial charge is 0.262 e. The highest BCUT2D eigenvalue weighted by molar-refractivity contribution is 7.09. The van der Waals surface area contributed by atoms with Crippen molar-refractivity contribution in [3.8, 4) is 22.5 Å². The fourth-order valence-electron chi connectivity index (χ4n) is 3.75. The molecule has 5 rings (SSSR count). The van der Waals surface area contributed by atoms with Crippen LogP contribution in [0.25, 0.3) is 33.4 Å². The second kappa shape index (κ2) is 8.23. The molecule has 0 atom stereocenters. The molecule has 0 amide bonds. The lowest BCUT2D eigenvalue weighted by atomic mass is 9.98. The minimum atomic E-state index is 0.0289. The first-order valence-electron chi connectivity index (χ1n) is 10.1. The number of benzene rings is 2. The molecule has 154 valence electrons. The number of aromatic amines is 1. The van der Waals surface area contributed by atoms with Gasteiger partial charge in [0.15, 0.2) is 0 Å². The third kappa shape index (κ3) is 3.66. The van der Waals surface area contributed by atoms with Crippen molar-refractivity contribution in [2.45, 2.75) is 26.3 Å². The van der Waals surface area contributed by atoms with Gasteiger partial charge in [0.05, 0.1) is 17.4 Å². The molecular weight excluding hydrogens is 408 g/mol. The summed E-state index contributed by atoms with van der Waals surface area (Å²) in [4.78, 5) is 17.8. The van der Waals surface area contributed by atoms with Gasteiger partial charge >= 0.3 is 0 Å². The topological polar surface area (TPSA) is 89.4 Å². The van der Waals surface area contributed by atoms with Gasteiger partial charge < -0.3 is 0 Å². The lowest BCUT2D eigenvalue weighted by Gasteiger charge is -2.13. The standard InChI is InChI=1S/C23H20N6OS/c1-2-5-21-24-20-14-31-13-19(20)23(30)29(21)12-15-8-10-16(11-9-15)17-6-3-4-7-18(17)22-25-27-28-26-22/h3-4,6-11,13-14H,2,5,12H2,1H3,(H,25,26,27,28). The van der Waals surface area contributed by atoms with Crippen molar-refractivity contribution in [2.24, 2.45) is 0 Å². The van der Waals surface area contributed by atoms with E-state index in [4.69, 9.17) is 4.98 Å². The van der Waals surface area contributed by atoms with Crippen LogP contribution in [0.5, 0.6) is 0 Å². The summed E-state index contributed by atoms with van der Waals surface area (Å²) in [6, 6.07) is 16.2. The number of aromatic nitrogens is 6.